The van der Waals surface area contributed by atoms with Gasteiger partial charge >= 0.3 is 5.97 Å². The van der Waals surface area contributed by atoms with Gasteiger partial charge in [0.25, 0.3) is 0 Å². The first-order valence-electron chi connectivity index (χ1n) is 7.20. The predicted octanol–water partition coefficient (Wildman–Crippen LogP) is 0.683. The Morgan fingerprint density at radius 2 is 2.26 bits per heavy atom. The van der Waals surface area contributed by atoms with Crippen LogP contribution in [0.4, 0.5) is 0 Å². The number of likely N-dealkylation sites (N-methyl/N-ethyl adjacent to an activating group) is 2. The van der Waals surface area contributed by atoms with E-state index in [0.717, 1.165) is 19.6 Å². The molecule has 1 aliphatic heterocycles. The van der Waals surface area contributed by atoms with Gasteiger partial charge in [-0.05, 0) is 46.3 Å². The van der Waals surface area contributed by atoms with E-state index in [0.29, 0.717) is 12.5 Å². The van der Waals surface area contributed by atoms with Gasteiger partial charge < -0.3 is 15.4 Å². The number of methoxy groups -OCH3 is 1. The van der Waals surface area contributed by atoms with Gasteiger partial charge in [0, 0.05) is 19.1 Å². The molecule has 0 aromatic carbocycles. The maximum absolute atomic E-state index is 11.5. The summed E-state index contributed by atoms with van der Waals surface area (Å²) in [5.41, 5.74) is 5.08. The van der Waals surface area contributed by atoms with E-state index in [2.05, 4.69) is 23.8 Å². The molecule has 5 heteroatoms. The van der Waals surface area contributed by atoms with Gasteiger partial charge in [-0.15, -0.1) is 0 Å². The van der Waals surface area contributed by atoms with Crippen molar-refractivity contribution in [1.82, 2.24) is 9.80 Å². The molecule has 112 valence electrons. The summed E-state index contributed by atoms with van der Waals surface area (Å²) in [6.45, 7) is 8.15. The standard InChI is InChI=1S/C14H29N3O2/c1-5-17-9-6-7-12(17)11-16(3)10-8-14(2,15)13(18)19-4/h12H,5-11,15H2,1-4H3. The Morgan fingerprint density at radius 3 is 2.84 bits per heavy atom. The van der Waals surface area contributed by atoms with Crippen molar-refractivity contribution in [2.75, 3.05) is 40.3 Å². The van der Waals surface area contributed by atoms with Gasteiger partial charge in [0.05, 0.1) is 7.11 Å². The normalized spacial score (nSPS) is 23.6. The average molecular weight is 271 g/mol. The monoisotopic (exact) mass is 271 g/mol. The van der Waals surface area contributed by atoms with Crippen molar-refractivity contribution in [2.45, 2.75) is 44.7 Å². The number of carbonyl (C=O) groups is 1. The summed E-state index contributed by atoms with van der Waals surface area (Å²) < 4.78 is 4.72. The number of rotatable bonds is 7. The summed E-state index contributed by atoms with van der Waals surface area (Å²) >= 11 is 0. The second kappa shape index (κ2) is 7.22. The molecule has 1 rings (SSSR count). The summed E-state index contributed by atoms with van der Waals surface area (Å²) in [5.74, 6) is -0.336. The zero-order valence-corrected chi connectivity index (χ0v) is 12.8. The number of nitrogens with zero attached hydrogens (tertiary/aromatic N) is 2. The fraction of sp³-hybridized carbons (Fsp3) is 0.929. The molecule has 0 aromatic heterocycles. The van der Waals surface area contributed by atoms with Gasteiger partial charge in [-0.1, -0.05) is 6.92 Å². The third kappa shape index (κ3) is 4.75. The zero-order chi connectivity index (χ0) is 14.5. The maximum Gasteiger partial charge on any atom is 0.325 e. The molecule has 1 fully saturated rings. The molecule has 5 nitrogen and oxygen atoms in total. The summed E-state index contributed by atoms with van der Waals surface area (Å²) in [6.07, 6.45) is 3.19. The largest absolute Gasteiger partial charge is 0.468 e. The molecule has 0 radical (unpaired) electrons. The Balaban J connectivity index is 2.35. The number of carbonyl (C=O) groups excluding carboxylic acids is 1. The smallest absolute Gasteiger partial charge is 0.325 e. The van der Waals surface area contributed by atoms with Crippen LogP contribution < -0.4 is 5.73 Å². The molecule has 1 aliphatic rings. The lowest BCUT2D eigenvalue weighted by Gasteiger charge is -2.29. The van der Waals surface area contributed by atoms with Crippen LogP contribution in [0.5, 0.6) is 0 Å². The minimum absolute atomic E-state index is 0.336. The maximum atomic E-state index is 11.5. The highest BCUT2D eigenvalue weighted by atomic mass is 16.5. The first kappa shape index (κ1) is 16.4. The summed E-state index contributed by atoms with van der Waals surface area (Å²) in [4.78, 5) is 16.3. The molecule has 1 heterocycles. The topological polar surface area (TPSA) is 58.8 Å². The van der Waals surface area contributed by atoms with Gasteiger partial charge in [0.2, 0.25) is 0 Å². The highest BCUT2D eigenvalue weighted by Gasteiger charge is 2.30. The molecule has 1 saturated heterocycles. The highest BCUT2D eigenvalue weighted by molar-refractivity contribution is 5.79. The Kier molecular flexibility index (Phi) is 6.23. The lowest BCUT2D eigenvalue weighted by molar-refractivity contribution is -0.146. The van der Waals surface area contributed by atoms with E-state index in [1.165, 1.54) is 26.5 Å². The molecule has 2 N–H and O–H groups in total. The molecule has 0 spiro atoms. The molecule has 19 heavy (non-hydrogen) atoms. The second-order valence-electron chi connectivity index (χ2n) is 5.85. The van der Waals surface area contributed by atoms with E-state index in [1.807, 2.05) is 0 Å². The number of hydrogen-bond donors (Lipinski definition) is 1. The van der Waals surface area contributed by atoms with E-state index >= 15 is 0 Å². The van der Waals surface area contributed by atoms with Crippen LogP contribution in [0.25, 0.3) is 0 Å². The molecule has 0 saturated carbocycles. The van der Waals surface area contributed by atoms with Crippen LogP contribution in [-0.4, -0.2) is 67.7 Å². The fourth-order valence-corrected chi connectivity index (χ4v) is 2.73. The van der Waals surface area contributed by atoms with Crippen molar-refractivity contribution in [1.29, 1.82) is 0 Å². The molecule has 0 aromatic rings. The predicted molar refractivity (Wildman–Crippen MR) is 77.0 cm³/mol. The van der Waals surface area contributed by atoms with Crippen LogP contribution in [0.3, 0.4) is 0 Å². The lowest BCUT2D eigenvalue weighted by Crippen LogP contribution is -2.48. The van der Waals surface area contributed by atoms with Crippen LogP contribution in [0.2, 0.25) is 0 Å². The highest BCUT2D eigenvalue weighted by Crippen LogP contribution is 2.18. The third-order valence-corrected chi connectivity index (χ3v) is 4.09. The summed E-state index contributed by atoms with van der Waals surface area (Å²) in [6, 6.07) is 0.650. The minimum Gasteiger partial charge on any atom is -0.468 e. The number of ether oxygens (including phenoxy) is 1. The molecule has 2 unspecified atom stereocenters. The first-order chi connectivity index (χ1) is 8.90. The molecular weight excluding hydrogens is 242 g/mol. The first-order valence-corrected chi connectivity index (χ1v) is 7.20. The minimum atomic E-state index is -0.886. The summed E-state index contributed by atoms with van der Waals surface area (Å²) in [7, 11) is 3.48. The van der Waals surface area contributed by atoms with E-state index in [4.69, 9.17) is 10.5 Å². The lowest BCUT2D eigenvalue weighted by atomic mass is 9.99. The van der Waals surface area contributed by atoms with Gasteiger partial charge in [-0.25, -0.2) is 0 Å². The van der Waals surface area contributed by atoms with Gasteiger partial charge in [-0.2, -0.15) is 0 Å². The zero-order valence-electron chi connectivity index (χ0n) is 12.8. The van der Waals surface area contributed by atoms with E-state index in [1.54, 1.807) is 6.92 Å². The van der Waals surface area contributed by atoms with E-state index < -0.39 is 5.54 Å². The Bertz CT molecular complexity index is 294. The second-order valence-corrected chi connectivity index (χ2v) is 5.85. The Morgan fingerprint density at radius 1 is 1.58 bits per heavy atom. The van der Waals surface area contributed by atoms with E-state index in [9.17, 15) is 4.79 Å². The molecule has 0 aliphatic carbocycles. The van der Waals surface area contributed by atoms with Crippen LogP contribution in [-0.2, 0) is 9.53 Å². The SMILES string of the molecule is CCN1CCCC1CN(C)CCC(C)(N)C(=O)OC. The fourth-order valence-electron chi connectivity index (χ4n) is 2.73. The molecule has 0 bridgehead atoms. The van der Waals surface area contributed by atoms with Crippen molar-refractivity contribution in [2.24, 2.45) is 5.73 Å². The van der Waals surface area contributed by atoms with Crippen LogP contribution in [0.15, 0.2) is 0 Å². The van der Waals surface area contributed by atoms with Crippen molar-refractivity contribution in [3.05, 3.63) is 0 Å². The van der Waals surface area contributed by atoms with Gasteiger partial charge in [0.15, 0.2) is 0 Å². The number of likely N-dealkylation sites (tertiary alicyclic amines) is 1. The van der Waals surface area contributed by atoms with Crippen molar-refractivity contribution >= 4 is 5.97 Å². The van der Waals surface area contributed by atoms with Crippen molar-refractivity contribution < 1.29 is 9.53 Å². The van der Waals surface area contributed by atoms with Gasteiger partial charge in [0.1, 0.15) is 5.54 Å². The number of nitrogens with two attached hydrogens (primary N) is 1. The quantitative estimate of drug-likeness (QED) is 0.690. The van der Waals surface area contributed by atoms with Crippen molar-refractivity contribution in [3.8, 4) is 0 Å². The molecule has 0 amide bonds. The summed E-state index contributed by atoms with van der Waals surface area (Å²) in [5, 5.41) is 0. The molecule has 2 atom stereocenters. The average Bonchev–Trinajstić information content (AvgIpc) is 2.82. The van der Waals surface area contributed by atoms with Crippen molar-refractivity contribution in [3.63, 3.8) is 0 Å². The van der Waals surface area contributed by atoms with E-state index in [-0.39, 0.29) is 5.97 Å². The Hall–Kier alpha value is -0.650. The van der Waals surface area contributed by atoms with Crippen LogP contribution in [0.1, 0.15) is 33.1 Å². The molecular formula is C14H29N3O2. The van der Waals surface area contributed by atoms with Gasteiger partial charge in [-0.3, -0.25) is 9.69 Å². The number of esters is 1. The number of hydrogen-bond acceptors (Lipinski definition) is 5. The Labute approximate surface area is 117 Å². The van der Waals surface area contributed by atoms with Crippen LogP contribution in [0, 0.1) is 0 Å². The third-order valence-electron chi connectivity index (χ3n) is 4.09. The van der Waals surface area contributed by atoms with Crippen LogP contribution >= 0.6 is 0 Å².